The van der Waals surface area contributed by atoms with Gasteiger partial charge in [0.15, 0.2) is 0 Å². The molecule has 0 saturated heterocycles. The van der Waals surface area contributed by atoms with Crippen molar-refractivity contribution in [2.45, 2.75) is 20.0 Å². The van der Waals surface area contributed by atoms with E-state index in [0.717, 1.165) is 22.2 Å². The third-order valence-electron chi connectivity index (χ3n) is 2.13. The van der Waals surface area contributed by atoms with Gasteiger partial charge >= 0.3 is 0 Å². The average molecular weight is 259 g/mol. The summed E-state index contributed by atoms with van der Waals surface area (Å²) in [5, 5.41) is 0. The lowest BCUT2D eigenvalue weighted by Gasteiger charge is -2.11. The number of aryl methyl sites for hydroxylation is 1. The minimum Gasteiger partial charge on any atom is -0.496 e. The van der Waals surface area contributed by atoms with E-state index in [-0.39, 0.29) is 0 Å². The zero-order valence-electron chi connectivity index (χ0n) is 8.76. The lowest BCUT2D eigenvalue weighted by Crippen LogP contribution is -1.96. The molecule has 0 radical (unpaired) electrons. The summed E-state index contributed by atoms with van der Waals surface area (Å²) in [6.07, 6.45) is 0.965. The lowest BCUT2D eigenvalue weighted by molar-refractivity contribution is 0.184. The van der Waals surface area contributed by atoms with Crippen LogP contribution in [0, 0.1) is 0 Å². The highest BCUT2D eigenvalue weighted by atomic mass is 79.9. The van der Waals surface area contributed by atoms with Crippen LogP contribution in [0.2, 0.25) is 0 Å². The molecule has 1 rings (SSSR count). The molecule has 0 saturated carbocycles. The third kappa shape index (κ3) is 2.49. The molecule has 0 aromatic heterocycles. The highest BCUT2D eigenvalue weighted by Gasteiger charge is 2.07. The number of rotatable bonds is 4. The molecule has 0 amide bonds. The van der Waals surface area contributed by atoms with Gasteiger partial charge in [-0.15, -0.1) is 0 Å². The first-order valence-corrected chi connectivity index (χ1v) is 5.36. The Morgan fingerprint density at radius 3 is 2.43 bits per heavy atom. The first-order valence-electron chi connectivity index (χ1n) is 4.57. The maximum absolute atomic E-state index is 5.28. The Bertz CT molecular complexity index is 310. The lowest BCUT2D eigenvalue weighted by atomic mass is 10.1. The highest BCUT2D eigenvalue weighted by molar-refractivity contribution is 9.10. The molecule has 0 spiro atoms. The van der Waals surface area contributed by atoms with Crippen LogP contribution in [0.15, 0.2) is 16.6 Å². The molecule has 0 aliphatic carbocycles. The number of hydrogen-bond donors (Lipinski definition) is 0. The molecule has 1 aromatic rings. The second kappa shape index (κ2) is 5.37. The van der Waals surface area contributed by atoms with Gasteiger partial charge in [0.1, 0.15) is 5.75 Å². The fraction of sp³-hybridized carbons (Fsp3) is 0.455. The molecule has 78 valence electrons. The van der Waals surface area contributed by atoms with Crippen molar-refractivity contribution >= 4 is 15.9 Å². The van der Waals surface area contributed by atoms with Crippen LogP contribution in [0.3, 0.4) is 0 Å². The van der Waals surface area contributed by atoms with Gasteiger partial charge in [0, 0.05) is 11.6 Å². The van der Waals surface area contributed by atoms with E-state index in [1.807, 2.05) is 6.07 Å². The van der Waals surface area contributed by atoms with Crippen molar-refractivity contribution in [2.75, 3.05) is 14.2 Å². The monoisotopic (exact) mass is 258 g/mol. The summed E-state index contributed by atoms with van der Waals surface area (Å²) in [6.45, 7) is 2.74. The minimum atomic E-state index is 0.623. The van der Waals surface area contributed by atoms with Gasteiger partial charge in [-0.1, -0.05) is 22.9 Å². The number of hydrogen-bond acceptors (Lipinski definition) is 2. The van der Waals surface area contributed by atoms with Crippen LogP contribution in [0.1, 0.15) is 18.1 Å². The van der Waals surface area contributed by atoms with Crippen molar-refractivity contribution in [1.29, 1.82) is 0 Å². The van der Waals surface area contributed by atoms with E-state index < -0.39 is 0 Å². The number of halogens is 1. The Kier molecular flexibility index (Phi) is 4.42. The fourth-order valence-corrected chi connectivity index (χ4v) is 1.82. The average Bonchev–Trinajstić information content (AvgIpc) is 2.20. The van der Waals surface area contributed by atoms with Crippen LogP contribution in [0.25, 0.3) is 0 Å². The Labute approximate surface area is 93.4 Å². The van der Waals surface area contributed by atoms with Crippen LogP contribution < -0.4 is 4.74 Å². The van der Waals surface area contributed by atoms with Crippen molar-refractivity contribution in [3.63, 3.8) is 0 Å². The molecule has 0 fully saturated rings. The molecule has 3 heteroatoms. The SMILES string of the molecule is CCc1cc(COC)c(Br)cc1OC. The van der Waals surface area contributed by atoms with E-state index in [2.05, 4.69) is 28.9 Å². The van der Waals surface area contributed by atoms with Crippen molar-refractivity contribution in [3.05, 3.63) is 27.7 Å². The fourth-order valence-electron chi connectivity index (χ4n) is 1.38. The van der Waals surface area contributed by atoms with E-state index in [1.54, 1.807) is 14.2 Å². The summed E-state index contributed by atoms with van der Waals surface area (Å²) in [4.78, 5) is 0. The van der Waals surface area contributed by atoms with Gasteiger partial charge in [-0.05, 0) is 29.7 Å². The molecule has 0 atom stereocenters. The van der Waals surface area contributed by atoms with Gasteiger partial charge in [-0.2, -0.15) is 0 Å². The number of methoxy groups -OCH3 is 2. The predicted octanol–water partition coefficient (Wildman–Crippen LogP) is 3.17. The molecule has 0 bridgehead atoms. The summed E-state index contributed by atoms with van der Waals surface area (Å²) in [6, 6.07) is 4.11. The molecule has 2 nitrogen and oxygen atoms in total. The highest BCUT2D eigenvalue weighted by Crippen LogP contribution is 2.28. The Morgan fingerprint density at radius 2 is 1.93 bits per heavy atom. The molecule has 1 aromatic carbocycles. The summed E-state index contributed by atoms with van der Waals surface area (Å²) in [7, 11) is 3.39. The smallest absolute Gasteiger partial charge is 0.123 e. The Hall–Kier alpha value is -0.540. The van der Waals surface area contributed by atoms with E-state index in [0.29, 0.717) is 6.61 Å². The molecule has 0 aliphatic heterocycles. The second-order valence-corrected chi connectivity index (χ2v) is 3.90. The summed E-state index contributed by atoms with van der Waals surface area (Å²) >= 11 is 3.49. The summed E-state index contributed by atoms with van der Waals surface area (Å²) in [5.41, 5.74) is 2.37. The van der Waals surface area contributed by atoms with Crippen molar-refractivity contribution in [2.24, 2.45) is 0 Å². The van der Waals surface area contributed by atoms with Gasteiger partial charge in [0.25, 0.3) is 0 Å². The van der Waals surface area contributed by atoms with Crippen LogP contribution in [0.5, 0.6) is 5.75 Å². The number of ether oxygens (including phenoxy) is 2. The van der Waals surface area contributed by atoms with E-state index >= 15 is 0 Å². The molecule has 0 aliphatic rings. The van der Waals surface area contributed by atoms with Crippen LogP contribution in [0.4, 0.5) is 0 Å². The molecule has 0 N–H and O–H groups in total. The molecule has 0 unspecified atom stereocenters. The zero-order valence-corrected chi connectivity index (χ0v) is 10.3. The van der Waals surface area contributed by atoms with Gasteiger partial charge in [0.2, 0.25) is 0 Å². The molecule has 14 heavy (non-hydrogen) atoms. The topological polar surface area (TPSA) is 18.5 Å². The maximum Gasteiger partial charge on any atom is 0.123 e. The minimum absolute atomic E-state index is 0.623. The third-order valence-corrected chi connectivity index (χ3v) is 2.87. The predicted molar refractivity (Wildman–Crippen MR) is 60.8 cm³/mol. The van der Waals surface area contributed by atoms with E-state index in [1.165, 1.54) is 5.56 Å². The molecule has 0 heterocycles. The molecular weight excluding hydrogens is 244 g/mol. The van der Waals surface area contributed by atoms with Crippen LogP contribution >= 0.6 is 15.9 Å². The Morgan fingerprint density at radius 1 is 1.21 bits per heavy atom. The van der Waals surface area contributed by atoms with Crippen molar-refractivity contribution in [3.8, 4) is 5.75 Å². The van der Waals surface area contributed by atoms with E-state index in [4.69, 9.17) is 9.47 Å². The molecular formula is C11H15BrO2. The van der Waals surface area contributed by atoms with Crippen LogP contribution in [-0.2, 0) is 17.8 Å². The van der Waals surface area contributed by atoms with Crippen molar-refractivity contribution < 1.29 is 9.47 Å². The van der Waals surface area contributed by atoms with Gasteiger partial charge < -0.3 is 9.47 Å². The number of benzene rings is 1. The van der Waals surface area contributed by atoms with Crippen LogP contribution in [-0.4, -0.2) is 14.2 Å². The second-order valence-electron chi connectivity index (χ2n) is 3.04. The van der Waals surface area contributed by atoms with Gasteiger partial charge in [-0.25, -0.2) is 0 Å². The van der Waals surface area contributed by atoms with Gasteiger partial charge in [-0.3, -0.25) is 0 Å². The van der Waals surface area contributed by atoms with E-state index in [9.17, 15) is 0 Å². The first kappa shape index (κ1) is 11.5. The largest absolute Gasteiger partial charge is 0.496 e. The maximum atomic E-state index is 5.28. The first-order chi connectivity index (χ1) is 6.72. The zero-order chi connectivity index (χ0) is 10.6. The Balaban J connectivity index is 3.09. The quantitative estimate of drug-likeness (QED) is 0.826. The van der Waals surface area contributed by atoms with Gasteiger partial charge in [0.05, 0.1) is 13.7 Å². The standard InChI is InChI=1S/C11H15BrO2/c1-4-8-5-9(7-13-2)10(12)6-11(8)14-3/h5-6H,4,7H2,1-3H3. The summed E-state index contributed by atoms with van der Waals surface area (Å²) in [5.74, 6) is 0.930. The van der Waals surface area contributed by atoms with Crippen molar-refractivity contribution in [1.82, 2.24) is 0 Å². The normalized spacial score (nSPS) is 10.3. The summed E-state index contributed by atoms with van der Waals surface area (Å²) < 4.78 is 11.4.